The van der Waals surface area contributed by atoms with Crippen molar-refractivity contribution < 1.29 is 9.31 Å². The van der Waals surface area contributed by atoms with Gasteiger partial charge < -0.3 is 4.90 Å². The van der Waals surface area contributed by atoms with Crippen LogP contribution in [0.1, 0.15) is 0 Å². The fourth-order valence-electron chi connectivity index (χ4n) is 1.57. The lowest BCUT2D eigenvalue weighted by molar-refractivity contribution is -0.384. The molecule has 0 bridgehead atoms. The van der Waals surface area contributed by atoms with Crippen molar-refractivity contribution in [2.45, 2.75) is 0 Å². The van der Waals surface area contributed by atoms with Gasteiger partial charge in [0.2, 0.25) is 0 Å². The highest BCUT2D eigenvalue weighted by molar-refractivity contribution is 9.11. The van der Waals surface area contributed by atoms with E-state index in [-0.39, 0.29) is 11.4 Å². The number of rotatable bonds is 2. The van der Waals surface area contributed by atoms with Crippen LogP contribution >= 0.6 is 15.9 Å². The predicted octanol–water partition coefficient (Wildman–Crippen LogP) is 3.35. The van der Waals surface area contributed by atoms with Crippen molar-refractivity contribution in [1.82, 2.24) is 0 Å². The average Bonchev–Trinajstić information content (AvgIpc) is 2.28. The summed E-state index contributed by atoms with van der Waals surface area (Å²) in [5, 5.41) is 10.9. The number of nitro groups is 1. The number of anilines is 1. The molecule has 0 N–H and O–H groups in total. The fraction of sp³-hybridized carbons (Fsp3) is 0.0909. The van der Waals surface area contributed by atoms with Crippen molar-refractivity contribution in [1.29, 1.82) is 0 Å². The van der Waals surface area contributed by atoms with Gasteiger partial charge in [0, 0.05) is 29.4 Å². The maximum atomic E-state index is 13.2. The highest BCUT2D eigenvalue weighted by Gasteiger charge is 2.19. The van der Waals surface area contributed by atoms with Crippen LogP contribution in [0.2, 0.25) is 0 Å². The Hall–Kier alpha value is -1.69. The highest BCUT2D eigenvalue weighted by Crippen LogP contribution is 2.31. The summed E-state index contributed by atoms with van der Waals surface area (Å²) < 4.78 is 13.9. The molecule has 0 spiro atoms. The van der Waals surface area contributed by atoms with Gasteiger partial charge in [-0.2, -0.15) is 0 Å². The molecule has 0 aromatic heterocycles. The Balaban J connectivity index is 2.47. The standard InChI is InChI=1S/C11H8BrFN2O2/c12-8-2-1-5-14(7-8)11-6-9(13)3-4-10(11)15(16)17/h1-4,6-7H,5H2. The molecule has 88 valence electrons. The normalized spacial score (nSPS) is 14.7. The second-order valence-corrected chi connectivity index (χ2v) is 4.37. The lowest BCUT2D eigenvalue weighted by atomic mass is 10.2. The topological polar surface area (TPSA) is 46.4 Å². The molecule has 1 aliphatic rings. The van der Waals surface area contributed by atoms with Crippen LogP contribution in [0.5, 0.6) is 0 Å². The third-order valence-electron chi connectivity index (χ3n) is 2.30. The molecule has 1 aromatic carbocycles. The molecule has 17 heavy (non-hydrogen) atoms. The van der Waals surface area contributed by atoms with Gasteiger partial charge in [-0.15, -0.1) is 0 Å². The van der Waals surface area contributed by atoms with E-state index in [4.69, 9.17) is 0 Å². The van der Waals surface area contributed by atoms with Crippen LogP contribution in [0, 0.1) is 15.9 Å². The Morgan fingerprint density at radius 1 is 1.47 bits per heavy atom. The zero-order valence-electron chi connectivity index (χ0n) is 8.64. The summed E-state index contributed by atoms with van der Waals surface area (Å²) in [5.74, 6) is -0.496. The van der Waals surface area contributed by atoms with E-state index in [1.807, 2.05) is 12.2 Å². The van der Waals surface area contributed by atoms with Crippen molar-refractivity contribution in [2.75, 3.05) is 11.4 Å². The fourth-order valence-corrected chi connectivity index (χ4v) is 2.01. The van der Waals surface area contributed by atoms with E-state index in [9.17, 15) is 14.5 Å². The summed E-state index contributed by atoms with van der Waals surface area (Å²) in [5.41, 5.74) is 0.134. The number of hydrogen-bond donors (Lipinski definition) is 0. The van der Waals surface area contributed by atoms with E-state index in [0.29, 0.717) is 6.54 Å². The van der Waals surface area contributed by atoms with E-state index < -0.39 is 10.7 Å². The zero-order valence-corrected chi connectivity index (χ0v) is 10.2. The third kappa shape index (κ3) is 2.52. The third-order valence-corrected chi connectivity index (χ3v) is 2.77. The van der Waals surface area contributed by atoms with Crippen molar-refractivity contribution >= 4 is 27.3 Å². The molecule has 0 saturated heterocycles. The van der Waals surface area contributed by atoms with Crippen LogP contribution in [0.3, 0.4) is 0 Å². The summed E-state index contributed by atoms with van der Waals surface area (Å²) in [6, 6.07) is 3.42. The number of nitro benzene ring substituents is 1. The van der Waals surface area contributed by atoms with Crippen molar-refractivity contribution in [2.24, 2.45) is 0 Å². The van der Waals surface area contributed by atoms with Gasteiger partial charge in [0.15, 0.2) is 0 Å². The van der Waals surface area contributed by atoms with Crippen molar-refractivity contribution in [3.63, 3.8) is 0 Å². The van der Waals surface area contributed by atoms with Gasteiger partial charge in [-0.1, -0.05) is 6.08 Å². The summed E-state index contributed by atoms with van der Waals surface area (Å²) in [6.07, 6.45) is 5.35. The predicted molar refractivity (Wildman–Crippen MR) is 66.6 cm³/mol. The summed E-state index contributed by atoms with van der Waals surface area (Å²) in [7, 11) is 0. The van der Waals surface area contributed by atoms with Gasteiger partial charge >= 0.3 is 0 Å². The summed E-state index contributed by atoms with van der Waals surface area (Å²) in [6.45, 7) is 0.472. The zero-order chi connectivity index (χ0) is 12.4. The maximum Gasteiger partial charge on any atom is 0.293 e. The highest BCUT2D eigenvalue weighted by atomic mass is 79.9. The maximum absolute atomic E-state index is 13.2. The number of halogens is 2. The summed E-state index contributed by atoms with van der Waals surface area (Å²) in [4.78, 5) is 12.0. The van der Waals surface area contributed by atoms with E-state index >= 15 is 0 Å². The first-order valence-corrected chi connectivity index (χ1v) is 5.61. The summed E-state index contributed by atoms with van der Waals surface area (Å²) >= 11 is 3.28. The molecule has 0 unspecified atom stereocenters. The number of allylic oxidation sites excluding steroid dienone is 2. The number of benzene rings is 1. The van der Waals surface area contributed by atoms with Gasteiger partial charge in [0.25, 0.3) is 5.69 Å². The Labute approximate surface area is 105 Å². The first-order chi connectivity index (χ1) is 8.08. The Kier molecular flexibility index (Phi) is 3.23. The van der Waals surface area contributed by atoms with E-state index in [0.717, 1.165) is 16.6 Å². The Morgan fingerprint density at radius 2 is 2.24 bits per heavy atom. The van der Waals surface area contributed by atoms with Crippen molar-refractivity contribution in [3.05, 3.63) is 57.0 Å². The van der Waals surface area contributed by atoms with Gasteiger partial charge in [-0.05, 0) is 28.1 Å². The van der Waals surface area contributed by atoms with E-state index in [1.54, 1.807) is 11.1 Å². The lowest BCUT2D eigenvalue weighted by Crippen LogP contribution is -2.19. The monoisotopic (exact) mass is 298 g/mol. The minimum Gasteiger partial charge on any atom is -0.337 e. The van der Waals surface area contributed by atoms with Gasteiger partial charge in [-0.25, -0.2) is 4.39 Å². The smallest absolute Gasteiger partial charge is 0.293 e. The molecule has 6 heteroatoms. The van der Waals surface area contributed by atoms with E-state index in [1.165, 1.54) is 6.07 Å². The van der Waals surface area contributed by atoms with Gasteiger partial charge in [0.05, 0.1) is 4.92 Å². The largest absolute Gasteiger partial charge is 0.337 e. The molecule has 0 atom stereocenters. The van der Waals surface area contributed by atoms with Crippen LogP contribution in [-0.4, -0.2) is 11.5 Å². The SMILES string of the molecule is O=[N+]([O-])c1ccc(F)cc1N1C=C(Br)C=CC1. The second-order valence-electron chi connectivity index (χ2n) is 3.46. The second kappa shape index (κ2) is 4.67. The molecule has 1 aromatic rings. The molecule has 4 nitrogen and oxygen atoms in total. The van der Waals surface area contributed by atoms with Crippen LogP contribution in [-0.2, 0) is 0 Å². The molecule has 0 saturated carbocycles. The molecular weight excluding hydrogens is 291 g/mol. The van der Waals surface area contributed by atoms with Gasteiger partial charge in [-0.3, -0.25) is 10.1 Å². The average molecular weight is 299 g/mol. The molecule has 1 aliphatic heterocycles. The molecular formula is C11H8BrFN2O2. The van der Waals surface area contributed by atoms with Crippen LogP contribution in [0.25, 0.3) is 0 Å². The number of hydrogen-bond acceptors (Lipinski definition) is 3. The first-order valence-electron chi connectivity index (χ1n) is 4.82. The van der Waals surface area contributed by atoms with Crippen LogP contribution < -0.4 is 4.90 Å². The molecule has 1 heterocycles. The minimum atomic E-state index is -0.519. The molecule has 0 aliphatic carbocycles. The lowest BCUT2D eigenvalue weighted by Gasteiger charge is -2.21. The van der Waals surface area contributed by atoms with E-state index in [2.05, 4.69) is 15.9 Å². The first kappa shape index (κ1) is 11.8. The van der Waals surface area contributed by atoms with Crippen LogP contribution in [0.15, 0.2) is 41.0 Å². The Bertz CT molecular complexity index is 528. The van der Waals surface area contributed by atoms with Crippen LogP contribution in [0.4, 0.5) is 15.8 Å². The molecule has 0 radical (unpaired) electrons. The molecule has 2 rings (SSSR count). The number of nitrogens with zero attached hydrogens (tertiary/aromatic N) is 2. The quantitative estimate of drug-likeness (QED) is 0.621. The molecule has 0 fully saturated rings. The van der Waals surface area contributed by atoms with Crippen molar-refractivity contribution in [3.8, 4) is 0 Å². The Morgan fingerprint density at radius 3 is 2.88 bits per heavy atom. The minimum absolute atomic E-state index is 0.113. The van der Waals surface area contributed by atoms with Gasteiger partial charge in [0.1, 0.15) is 11.5 Å². The molecule has 0 amide bonds.